The van der Waals surface area contributed by atoms with Crippen molar-refractivity contribution in [2.24, 2.45) is 20.5 Å². The zero-order valence-corrected chi connectivity index (χ0v) is 37.9. The second kappa shape index (κ2) is 21.5. The molecule has 0 saturated carbocycles. The van der Waals surface area contributed by atoms with E-state index in [9.17, 15) is 38.9 Å². The highest BCUT2D eigenvalue weighted by atomic mass is 35.5. The van der Waals surface area contributed by atoms with E-state index in [0.29, 0.717) is 51.9 Å². The zero-order valence-electron chi connectivity index (χ0n) is 33.9. The fourth-order valence-corrected chi connectivity index (χ4v) is 7.65. The first kappa shape index (κ1) is 48.8. The number of aryl methyl sites for hydroxylation is 2. The summed E-state index contributed by atoms with van der Waals surface area (Å²) in [5.74, 6) is -0.0291. The molecule has 1 heterocycles. The number of benzene rings is 4. The average Bonchev–Trinajstić information content (AvgIpc) is 3.19. The molecule has 0 bridgehead atoms. The molecular formula is C39H42Cl2N8O11S3. The van der Waals surface area contributed by atoms with Gasteiger partial charge in [-0.15, -0.1) is 0 Å². The summed E-state index contributed by atoms with van der Waals surface area (Å²) in [5.41, 5.74) is 4.00. The Labute approximate surface area is 374 Å². The van der Waals surface area contributed by atoms with Crippen molar-refractivity contribution in [3.05, 3.63) is 111 Å². The molecule has 0 atom stereocenters. The van der Waals surface area contributed by atoms with E-state index in [4.69, 9.17) is 37.7 Å². The van der Waals surface area contributed by atoms with E-state index in [-0.39, 0.29) is 72.2 Å². The third-order valence-corrected chi connectivity index (χ3v) is 11.8. The number of nitrogens with zero attached hydrogens (tertiary/aromatic N) is 7. The summed E-state index contributed by atoms with van der Waals surface area (Å²) in [4.78, 5) is 13.2. The van der Waals surface area contributed by atoms with Gasteiger partial charge in [-0.3, -0.25) is 13.7 Å². The maximum atomic E-state index is 11.8. The summed E-state index contributed by atoms with van der Waals surface area (Å²) in [6.45, 7) is 5.54. The maximum Gasteiger partial charge on any atom is 0.296 e. The Hall–Kier alpha value is -5.20. The average molecular weight is 966 g/mol. The van der Waals surface area contributed by atoms with E-state index in [2.05, 4.69) is 35.7 Å². The molecule has 63 heavy (non-hydrogen) atoms. The van der Waals surface area contributed by atoms with Crippen LogP contribution in [0.15, 0.2) is 92.1 Å². The lowest BCUT2D eigenvalue weighted by molar-refractivity contribution is 0.313. The third-order valence-electron chi connectivity index (χ3n) is 8.66. The van der Waals surface area contributed by atoms with Crippen LogP contribution in [-0.2, 0) is 43.2 Å². The van der Waals surface area contributed by atoms with Crippen LogP contribution in [0.3, 0.4) is 0 Å². The molecular weight excluding hydrogens is 924 g/mol. The number of aromatic nitrogens is 3. The highest BCUT2D eigenvalue weighted by Gasteiger charge is 2.19. The fraction of sp³-hybridized carbons (Fsp3) is 0.308. The Balaban J connectivity index is 1.53. The van der Waals surface area contributed by atoms with Crippen molar-refractivity contribution in [2.45, 2.75) is 51.3 Å². The molecule has 19 nitrogen and oxygen atoms in total. The van der Waals surface area contributed by atoms with Gasteiger partial charge in [-0.25, -0.2) is 4.98 Å². The maximum absolute atomic E-state index is 11.8. The summed E-state index contributed by atoms with van der Waals surface area (Å²) in [6.07, 6.45) is 0.750. The first-order chi connectivity index (χ1) is 29.7. The lowest BCUT2D eigenvalue weighted by Crippen LogP contribution is -2.18. The number of hydrogen-bond donors (Lipinski definition) is 4. The van der Waals surface area contributed by atoms with Gasteiger partial charge in [-0.1, -0.05) is 30.1 Å². The van der Waals surface area contributed by atoms with Crippen LogP contribution in [0.25, 0.3) is 0 Å². The van der Waals surface area contributed by atoms with Crippen molar-refractivity contribution in [2.75, 3.05) is 36.6 Å². The summed E-state index contributed by atoms with van der Waals surface area (Å²) in [7, 11) is -13.3. The van der Waals surface area contributed by atoms with Gasteiger partial charge in [0.1, 0.15) is 28.0 Å². The van der Waals surface area contributed by atoms with Gasteiger partial charge in [0.25, 0.3) is 30.4 Å². The second-order valence-electron chi connectivity index (χ2n) is 13.9. The highest BCUT2D eigenvalue weighted by Crippen LogP contribution is 2.35. The van der Waals surface area contributed by atoms with Crippen molar-refractivity contribution in [1.82, 2.24) is 15.0 Å². The number of anilines is 1. The van der Waals surface area contributed by atoms with Crippen LogP contribution in [0.5, 0.6) is 11.5 Å². The van der Waals surface area contributed by atoms with Gasteiger partial charge in [-0.2, -0.15) is 55.7 Å². The van der Waals surface area contributed by atoms with E-state index in [1.165, 1.54) is 18.2 Å². The number of hydrogen-bond acceptors (Lipinski definition) is 16. The van der Waals surface area contributed by atoms with Gasteiger partial charge in [0.15, 0.2) is 0 Å². The van der Waals surface area contributed by atoms with Crippen molar-refractivity contribution in [3.63, 3.8) is 0 Å². The smallest absolute Gasteiger partial charge is 0.296 e. The topological polar surface area (TPSA) is 282 Å². The summed E-state index contributed by atoms with van der Waals surface area (Å²) < 4.78 is 110. The molecule has 4 aromatic carbocycles. The van der Waals surface area contributed by atoms with Crippen LogP contribution >= 0.6 is 23.2 Å². The van der Waals surface area contributed by atoms with Gasteiger partial charge >= 0.3 is 0 Å². The predicted octanol–water partition coefficient (Wildman–Crippen LogP) is 8.80. The first-order valence-electron chi connectivity index (χ1n) is 18.9. The van der Waals surface area contributed by atoms with E-state index in [1.807, 2.05) is 19.9 Å². The first-order valence-corrected chi connectivity index (χ1v) is 24.3. The molecule has 24 heteroatoms. The van der Waals surface area contributed by atoms with Crippen molar-refractivity contribution in [1.29, 1.82) is 0 Å². The summed E-state index contributed by atoms with van der Waals surface area (Å²) >= 11 is 12.0. The van der Waals surface area contributed by atoms with Crippen LogP contribution < -0.4 is 14.8 Å². The Bertz CT molecular complexity index is 2850. The number of halogens is 2. The molecule has 0 aliphatic carbocycles. The molecule has 5 rings (SSSR count). The van der Waals surface area contributed by atoms with E-state index in [1.54, 1.807) is 43.3 Å². The molecule has 4 N–H and O–H groups in total. The lowest BCUT2D eigenvalue weighted by atomic mass is 10.0. The number of azo groups is 2. The third kappa shape index (κ3) is 15.5. The normalized spacial score (nSPS) is 12.3. The minimum Gasteiger partial charge on any atom is -0.493 e. The second-order valence-corrected chi connectivity index (χ2v) is 19.2. The van der Waals surface area contributed by atoms with Gasteiger partial charge < -0.3 is 14.8 Å². The molecule has 1 aromatic heterocycles. The highest BCUT2D eigenvalue weighted by molar-refractivity contribution is 7.86. The van der Waals surface area contributed by atoms with Crippen molar-refractivity contribution >= 4 is 82.3 Å². The molecule has 0 aliphatic heterocycles. The molecule has 0 saturated heterocycles. The summed E-state index contributed by atoms with van der Waals surface area (Å²) in [6, 6.07) is 17.4. The van der Waals surface area contributed by atoms with Gasteiger partial charge in [0.05, 0.1) is 52.5 Å². The van der Waals surface area contributed by atoms with Crippen molar-refractivity contribution in [3.8, 4) is 11.5 Å². The van der Waals surface area contributed by atoms with E-state index < -0.39 is 46.8 Å². The minimum absolute atomic E-state index is 0.00442. The number of rotatable bonds is 21. The monoisotopic (exact) mass is 964 g/mol. The Kier molecular flexibility index (Phi) is 16.6. The van der Waals surface area contributed by atoms with Crippen LogP contribution in [0.4, 0.5) is 28.7 Å². The van der Waals surface area contributed by atoms with Crippen molar-refractivity contribution < 1.29 is 48.4 Å². The van der Waals surface area contributed by atoms with Crippen LogP contribution in [0.1, 0.15) is 53.7 Å². The lowest BCUT2D eigenvalue weighted by Gasteiger charge is -2.16. The summed E-state index contributed by atoms with van der Waals surface area (Å²) in [5, 5.41) is 20.3. The van der Waals surface area contributed by atoms with Gasteiger partial charge in [0.2, 0.25) is 5.95 Å². The van der Waals surface area contributed by atoms with Gasteiger partial charge in [-0.05, 0) is 92.4 Å². The molecule has 0 spiro atoms. The standard InChI is InChI=1S/C39H42Cl2N8O11S3/c1-4-13-59-34-22-32(48-46-29-8-6-28(40)7-9-29)24(2)17-26(34)19-37-43-38(45-39(44-37)42-12-16-62(53,54)55)20-27-18-25(3)33(23-35(27)60-14-5-15-61(50,51)52)49-47-30-10-11-31(41)36(21-30)63(56,57)58/h6-11,17-18,21-23H,4-5,12-16,19-20H2,1-3H3,(H,50,51,52)(H,53,54,55)(H,56,57,58)(H,42,43,44,45). The quantitative estimate of drug-likeness (QED) is 0.0304. The van der Waals surface area contributed by atoms with Crippen LogP contribution in [0, 0.1) is 13.8 Å². The van der Waals surface area contributed by atoms with E-state index >= 15 is 0 Å². The molecule has 336 valence electrons. The zero-order chi connectivity index (χ0) is 46.0. The molecule has 0 aliphatic rings. The fourth-order valence-electron chi connectivity index (χ4n) is 5.69. The molecule has 0 radical (unpaired) electrons. The number of nitrogens with one attached hydrogen (secondary N) is 1. The van der Waals surface area contributed by atoms with Gasteiger partial charge in [0, 0.05) is 47.7 Å². The molecule has 5 aromatic rings. The van der Waals surface area contributed by atoms with E-state index in [0.717, 1.165) is 11.6 Å². The Morgan fingerprint density at radius 2 is 1.17 bits per heavy atom. The molecule has 0 amide bonds. The Morgan fingerprint density at radius 3 is 1.70 bits per heavy atom. The Morgan fingerprint density at radius 1 is 0.651 bits per heavy atom. The number of ether oxygens (including phenoxy) is 2. The van der Waals surface area contributed by atoms with Crippen LogP contribution in [-0.4, -0.2) is 85.1 Å². The molecule has 0 unspecified atom stereocenters. The predicted molar refractivity (Wildman–Crippen MR) is 236 cm³/mol. The van der Waals surface area contributed by atoms with Crippen LogP contribution in [0.2, 0.25) is 10.0 Å². The minimum atomic E-state index is -4.66. The SMILES string of the molecule is CCCOc1cc(N=Nc2ccc(Cl)cc2)c(C)cc1Cc1nc(Cc2cc(C)c(N=Nc3ccc(Cl)c(S(=O)(=O)O)c3)cc2OCCCS(=O)(=O)O)nc(NCCS(=O)(=O)O)n1. The molecule has 0 fully saturated rings. The largest absolute Gasteiger partial charge is 0.493 e.